The molecular weight excluding hydrogens is 370 g/mol. The van der Waals surface area contributed by atoms with Crippen molar-refractivity contribution in [1.82, 2.24) is 15.5 Å². The summed E-state index contributed by atoms with van der Waals surface area (Å²) >= 11 is 3.40. The van der Waals surface area contributed by atoms with Gasteiger partial charge in [0.25, 0.3) is 0 Å². The van der Waals surface area contributed by atoms with Gasteiger partial charge in [0, 0.05) is 16.5 Å². The summed E-state index contributed by atoms with van der Waals surface area (Å²) in [7, 11) is 0. The molecule has 130 valence electrons. The molecule has 24 heavy (non-hydrogen) atoms. The van der Waals surface area contributed by atoms with E-state index in [0.717, 1.165) is 10.0 Å². The largest absolute Gasteiger partial charge is 0.344 e. The van der Waals surface area contributed by atoms with Gasteiger partial charge in [-0.15, -0.1) is 0 Å². The molecule has 0 aliphatic rings. The molecule has 1 N–H and O–H groups in total. The third kappa shape index (κ3) is 5.16. The molecule has 0 fully saturated rings. The van der Waals surface area contributed by atoms with Crippen LogP contribution in [0, 0.1) is 11.3 Å². The van der Waals surface area contributed by atoms with Gasteiger partial charge in [-0.3, -0.25) is 4.79 Å². The Hall–Kier alpha value is -1.69. The Morgan fingerprint density at radius 3 is 2.42 bits per heavy atom. The summed E-state index contributed by atoms with van der Waals surface area (Å²) in [6, 6.07) is 7.39. The number of hydrogen-bond acceptors (Lipinski definition) is 4. The highest BCUT2D eigenvalue weighted by Crippen LogP contribution is 2.26. The van der Waals surface area contributed by atoms with Gasteiger partial charge < -0.3 is 9.84 Å². The van der Waals surface area contributed by atoms with Crippen molar-refractivity contribution in [1.29, 1.82) is 0 Å². The standard InChI is InChI=1S/C18H24BrN3O2/c1-11(2)15(20-14(23)10-18(3,4)5)17-21-16(22-24-17)12-6-8-13(19)9-7-12/h6-9,11,15H,10H2,1-5H3,(H,20,23). The number of benzene rings is 1. The van der Waals surface area contributed by atoms with Crippen molar-refractivity contribution < 1.29 is 9.32 Å². The van der Waals surface area contributed by atoms with Crippen LogP contribution in [0.4, 0.5) is 0 Å². The fourth-order valence-corrected chi connectivity index (χ4v) is 2.56. The van der Waals surface area contributed by atoms with Gasteiger partial charge in [0.2, 0.25) is 17.6 Å². The second-order valence-electron chi connectivity index (χ2n) is 7.49. The van der Waals surface area contributed by atoms with Crippen LogP contribution in [0.1, 0.15) is 53.0 Å². The van der Waals surface area contributed by atoms with E-state index < -0.39 is 0 Å². The maximum absolute atomic E-state index is 12.3. The van der Waals surface area contributed by atoms with Crippen LogP contribution in [0.15, 0.2) is 33.3 Å². The van der Waals surface area contributed by atoms with E-state index in [1.807, 2.05) is 58.9 Å². The number of hydrogen-bond donors (Lipinski definition) is 1. The first kappa shape index (κ1) is 18.6. The highest BCUT2D eigenvalue weighted by molar-refractivity contribution is 9.10. The summed E-state index contributed by atoms with van der Waals surface area (Å²) in [4.78, 5) is 16.7. The fraction of sp³-hybridized carbons (Fsp3) is 0.500. The molecule has 0 bridgehead atoms. The van der Waals surface area contributed by atoms with Gasteiger partial charge in [0.1, 0.15) is 6.04 Å². The summed E-state index contributed by atoms with van der Waals surface area (Å²) in [5.74, 6) is 1.09. The van der Waals surface area contributed by atoms with Crippen LogP contribution in [-0.4, -0.2) is 16.0 Å². The SMILES string of the molecule is CC(C)C(NC(=O)CC(C)(C)C)c1nc(-c2ccc(Br)cc2)no1. The zero-order chi connectivity index (χ0) is 17.9. The van der Waals surface area contributed by atoms with Gasteiger partial charge >= 0.3 is 0 Å². The Balaban J connectivity index is 2.17. The third-order valence-corrected chi connectivity index (χ3v) is 4.01. The van der Waals surface area contributed by atoms with Gasteiger partial charge in [0.05, 0.1) is 0 Å². The second-order valence-corrected chi connectivity index (χ2v) is 8.41. The molecular formula is C18H24BrN3O2. The summed E-state index contributed by atoms with van der Waals surface area (Å²) in [5, 5.41) is 7.07. The first-order valence-corrected chi connectivity index (χ1v) is 8.84. The Morgan fingerprint density at radius 2 is 1.88 bits per heavy atom. The van der Waals surface area contributed by atoms with Crippen LogP contribution >= 0.6 is 15.9 Å². The molecule has 1 amide bonds. The second kappa shape index (κ2) is 7.47. The molecule has 0 radical (unpaired) electrons. The normalized spacial score (nSPS) is 13.1. The molecule has 1 heterocycles. The van der Waals surface area contributed by atoms with E-state index in [1.165, 1.54) is 0 Å². The Labute approximate surface area is 151 Å². The number of aromatic nitrogens is 2. The molecule has 0 spiro atoms. The summed E-state index contributed by atoms with van der Waals surface area (Å²) in [5.41, 5.74) is 0.806. The van der Waals surface area contributed by atoms with Crippen LogP contribution in [0.5, 0.6) is 0 Å². The van der Waals surface area contributed by atoms with E-state index in [1.54, 1.807) is 0 Å². The average Bonchev–Trinajstić information content (AvgIpc) is 2.92. The Bertz CT molecular complexity index is 687. The molecule has 1 aromatic carbocycles. The van der Waals surface area contributed by atoms with Crippen molar-refractivity contribution in [3.05, 3.63) is 34.6 Å². The lowest BCUT2D eigenvalue weighted by atomic mass is 9.91. The van der Waals surface area contributed by atoms with E-state index in [9.17, 15) is 4.79 Å². The third-order valence-electron chi connectivity index (χ3n) is 3.48. The molecule has 6 heteroatoms. The monoisotopic (exact) mass is 393 g/mol. The number of halogens is 1. The molecule has 1 unspecified atom stereocenters. The van der Waals surface area contributed by atoms with Crippen molar-refractivity contribution in [3.63, 3.8) is 0 Å². The van der Waals surface area contributed by atoms with Crippen LogP contribution in [0.2, 0.25) is 0 Å². The molecule has 1 aromatic heterocycles. The molecule has 2 aromatic rings. The van der Waals surface area contributed by atoms with Gasteiger partial charge in [-0.25, -0.2) is 0 Å². The van der Waals surface area contributed by atoms with Gasteiger partial charge in [-0.1, -0.05) is 55.7 Å². The van der Waals surface area contributed by atoms with Crippen molar-refractivity contribution in [2.45, 2.75) is 47.1 Å². The van der Waals surface area contributed by atoms with Gasteiger partial charge in [-0.05, 0) is 35.6 Å². The molecule has 2 rings (SSSR count). The predicted molar refractivity (Wildman–Crippen MR) is 97.2 cm³/mol. The number of carbonyl (C=O) groups is 1. The van der Waals surface area contributed by atoms with Crippen LogP contribution in [0.25, 0.3) is 11.4 Å². The number of carbonyl (C=O) groups excluding carboxylic acids is 1. The van der Waals surface area contributed by atoms with Crippen LogP contribution in [0.3, 0.4) is 0 Å². The predicted octanol–water partition coefficient (Wildman–Crippen LogP) is 4.75. The lowest BCUT2D eigenvalue weighted by Gasteiger charge is -2.22. The number of nitrogens with zero attached hydrogens (tertiary/aromatic N) is 2. The van der Waals surface area contributed by atoms with E-state index in [4.69, 9.17) is 4.52 Å². The van der Waals surface area contributed by atoms with Gasteiger partial charge in [0.15, 0.2) is 0 Å². The summed E-state index contributed by atoms with van der Waals surface area (Å²) in [6.07, 6.45) is 0.448. The number of nitrogens with one attached hydrogen (secondary N) is 1. The van der Waals surface area contributed by atoms with Crippen LogP contribution in [-0.2, 0) is 4.79 Å². The van der Waals surface area contributed by atoms with Gasteiger partial charge in [-0.2, -0.15) is 4.98 Å². The lowest BCUT2D eigenvalue weighted by molar-refractivity contribution is -0.124. The maximum atomic E-state index is 12.3. The lowest BCUT2D eigenvalue weighted by Crippen LogP contribution is -2.34. The first-order valence-electron chi connectivity index (χ1n) is 8.04. The molecule has 0 aliphatic carbocycles. The zero-order valence-electron chi connectivity index (χ0n) is 14.8. The number of rotatable bonds is 5. The Morgan fingerprint density at radius 1 is 1.25 bits per heavy atom. The maximum Gasteiger partial charge on any atom is 0.249 e. The molecule has 0 saturated heterocycles. The van der Waals surface area contributed by atoms with E-state index in [2.05, 4.69) is 31.4 Å². The first-order chi connectivity index (χ1) is 11.2. The van der Waals surface area contributed by atoms with Crippen molar-refractivity contribution in [3.8, 4) is 11.4 Å². The van der Waals surface area contributed by atoms with Crippen molar-refractivity contribution in [2.24, 2.45) is 11.3 Å². The van der Waals surface area contributed by atoms with Crippen molar-refractivity contribution in [2.75, 3.05) is 0 Å². The molecule has 5 nitrogen and oxygen atoms in total. The molecule has 0 saturated carbocycles. The quantitative estimate of drug-likeness (QED) is 0.795. The fourth-order valence-electron chi connectivity index (χ4n) is 2.30. The van der Waals surface area contributed by atoms with Crippen molar-refractivity contribution >= 4 is 21.8 Å². The molecule has 0 aliphatic heterocycles. The molecule has 1 atom stereocenters. The number of amides is 1. The highest BCUT2D eigenvalue weighted by atomic mass is 79.9. The highest BCUT2D eigenvalue weighted by Gasteiger charge is 2.26. The topological polar surface area (TPSA) is 68.0 Å². The average molecular weight is 394 g/mol. The summed E-state index contributed by atoms with van der Waals surface area (Å²) < 4.78 is 6.41. The minimum atomic E-state index is -0.295. The smallest absolute Gasteiger partial charge is 0.249 e. The van der Waals surface area contributed by atoms with E-state index >= 15 is 0 Å². The van der Waals surface area contributed by atoms with Crippen LogP contribution < -0.4 is 5.32 Å². The minimum absolute atomic E-state index is 0.00964. The minimum Gasteiger partial charge on any atom is -0.344 e. The Kier molecular flexibility index (Phi) is 5.80. The zero-order valence-corrected chi connectivity index (χ0v) is 16.3. The van der Waals surface area contributed by atoms with E-state index in [0.29, 0.717) is 18.1 Å². The van der Waals surface area contributed by atoms with E-state index in [-0.39, 0.29) is 23.3 Å². The summed E-state index contributed by atoms with van der Waals surface area (Å²) in [6.45, 7) is 10.1.